The Morgan fingerprint density at radius 3 is 2.35 bits per heavy atom. The highest BCUT2D eigenvalue weighted by atomic mass is 79.9. The van der Waals surface area contributed by atoms with Gasteiger partial charge in [-0.05, 0) is 83.9 Å². The van der Waals surface area contributed by atoms with Gasteiger partial charge in [0.1, 0.15) is 5.70 Å². The summed E-state index contributed by atoms with van der Waals surface area (Å²) < 4.78 is 0.990. The number of carbonyl (C=O) groups excluding carboxylic acids is 3. The number of halogens is 1. The van der Waals surface area contributed by atoms with Crippen molar-refractivity contribution in [1.82, 2.24) is 10.3 Å². The molecule has 3 aromatic carbocycles. The lowest BCUT2D eigenvalue weighted by Gasteiger charge is -2.13. The Labute approximate surface area is 269 Å². The van der Waals surface area contributed by atoms with E-state index in [1.54, 1.807) is 42.5 Å². The predicted molar refractivity (Wildman–Crippen MR) is 180 cm³/mol. The molecule has 2 aromatic heterocycles. The second-order valence-corrected chi connectivity index (χ2v) is 13.2. The standard InChI is InChI=1S/C32H25BrN4O3S3/c1-20(29(38)37-32-36-28(19-42-32)22-7-9-24(33)10-8-22)43-26-13-11-25(12-14-26)34-31(40)27(17-21-15-16-41-18-21)35-30(39)23-5-3-2-4-6-23/h2-20H,1H3,(H,34,40)(H,35,39)(H,36,37,38)/b27-17-. The number of amides is 3. The van der Waals surface area contributed by atoms with Gasteiger partial charge in [-0.3, -0.25) is 14.4 Å². The van der Waals surface area contributed by atoms with Crippen molar-refractivity contribution in [2.75, 3.05) is 10.6 Å². The van der Waals surface area contributed by atoms with E-state index in [4.69, 9.17) is 0 Å². The van der Waals surface area contributed by atoms with E-state index in [0.29, 0.717) is 16.4 Å². The summed E-state index contributed by atoms with van der Waals surface area (Å²) in [6.07, 6.45) is 1.64. The van der Waals surface area contributed by atoms with Gasteiger partial charge in [0.05, 0.1) is 10.9 Å². The van der Waals surface area contributed by atoms with Gasteiger partial charge in [0.15, 0.2) is 5.13 Å². The highest BCUT2D eigenvalue weighted by Gasteiger charge is 2.18. The molecule has 0 aliphatic rings. The summed E-state index contributed by atoms with van der Waals surface area (Å²) in [6, 6.07) is 25.6. The number of thiazole rings is 1. The van der Waals surface area contributed by atoms with E-state index >= 15 is 0 Å². The van der Waals surface area contributed by atoms with Crippen LogP contribution in [-0.4, -0.2) is 28.0 Å². The van der Waals surface area contributed by atoms with Gasteiger partial charge in [-0.1, -0.05) is 46.3 Å². The number of nitrogens with one attached hydrogen (secondary N) is 3. The van der Waals surface area contributed by atoms with Crippen molar-refractivity contribution in [2.45, 2.75) is 17.1 Å². The van der Waals surface area contributed by atoms with Crippen molar-refractivity contribution in [3.63, 3.8) is 0 Å². The van der Waals surface area contributed by atoms with Gasteiger partial charge in [0.25, 0.3) is 11.8 Å². The molecule has 1 unspecified atom stereocenters. The number of hydrogen-bond donors (Lipinski definition) is 3. The Morgan fingerprint density at radius 1 is 0.907 bits per heavy atom. The van der Waals surface area contributed by atoms with Crippen LogP contribution in [0.15, 0.2) is 116 Å². The second-order valence-electron chi connectivity index (χ2n) is 9.21. The molecule has 0 fully saturated rings. The van der Waals surface area contributed by atoms with Crippen LogP contribution in [0.1, 0.15) is 22.8 Å². The summed E-state index contributed by atoms with van der Waals surface area (Å²) in [5.74, 6) is -0.982. The maximum atomic E-state index is 13.2. The molecule has 0 radical (unpaired) electrons. The van der Waals surface area contributed by atoms with Crippen molar-refractivity contribution in [3.05, 3.63) is 122 Å². The fourth-order valence-electron chi connectivity index (χ4n) is 3.83. The molecule has 216 valence electrons. The fourth-order valence-corrected chi connectivity index (χ4v) is 6.30. The fraction of sp³-hybridized carbons (Fsp3) is 0.0625. The van der Waals surface area contributed by atoms with E-state index in [0.717, 1.165) is 26.2 Å². The zero-order valence-electron chi connectivity index (χ0n) is 22.7. The average Bonchev–Trinajstić information content (AvgIpc) is 3.71. The number of thiophene rings is 1. The number of carbonyl (C=O) groups is 3. The molecule has 7 nitrogen and oxygen atoms in total. The molecular weight excluding hydrogens is 664 g/mol. The Kier molecular flexibility index (Phi) is 10.2. The number of nitrogens with zero attached hydrogens (tertiary/aromatic N) is 1. The van der Waals surface area contributed by atoms with Crippen molar-refractivity contribution in [3.8, 4) is 11.3 Å². The molecule has 43 heavy (non-hydrogen) atoms. The first kappa shape index (κ1) is 30.4. The summed E-state index contributed by atoms with van der Waals surface area (Å²) in [6.45, 7) is 1.83. The molecule has 11 heteroatoms. The first-order valence-electron chi connectivity index (χ1n) is 13.0. The van der Waals surface area contributed by atoms with E-state index in [2.05, 4.69) is 36.9 Å². The minimum atomic E-state index is -0.449. The zero-order chi connectivity index (χ0) is 30.2. The molecule has 0 aliphatic heterocycles. The molecule has 0 aliphatic carbocycles. The normalized spacial score (nSPS) is 11.9. The lowest BCUT2D eigenvalue weighted by molar-refractivity contribution is -0.115. The Hall–Kier alpha value is -4.03. The summed E-state index contributed by atoms with van der Waals surface area (Å²) in [5, 5.41) is 14.3. The molecule has 5 rings (SSSR count). The van der Waals surface area contributed by atoms with Crippen LogP contribution < -0.4 is 16.0 Å². The van der Waals surface area contributed by atoms with Crippen molar-refractivity contribution >= 4 is 85.0 Å². The molecular formula is C32H25BrN4O3S3. The first-order valence-corrected chi connectivity index (χ1v) is 16.5. The number of anilines is 2. The highest BCUT2D eigenvalue weighted by Crippen LogP contribution is 2.29. The molecule has 5 aromatic rings. The summed E-state index contributed by atoms with van der Waals surface area (Å²) in [7, 11) is 0. The summed E-state index contributed by atoms with van der Waals surface area (Å²) >= 11 is 7.71. The average molecular weight is 690 g/mol. The largest absolute Gasteiger partial charge is 0.321 e. The third-order valence-electron chi connectivity index (χ3n) is 6.05. The molecule has 0 saturated heterocycles. The minimum Gasteiger partial charge on any atom is -0.321 e. The Balaban J connectivity index is 1.18. The molecule has 0 spiro atoms. The van der Waals surface area contributed by atoms with Crippen LogP contribution in [0.5, 0.6) is 0 Å². The minimum absolute atomic E-state index is 0.126. The van der Waals surface area contributed by atoms with Crippen LogP contribution >= 0.6 is 50.4 Å². The molecule has 1 atom stereocenters. The van der Waals surface area contributed by atoms with Crippen LogP contribution in [0.4, 0.5) is 10.8 Å². The lowest BCUT2D eigenvalue weighted by atomic mass is 10.2. The smallest absolute Gasteiger partial charge is 0.272 e. The van der Waals surface area contributed by atoms with Crippen molar-refractivity contribution in [1.29, 1.82) is 0 Å². The van der Waals surface area contributed by atoms with E-state index in [9.17, 15) is 14.4 Å². The van der Waals surface area contributed by atoms with Crippen LogP contribution in [-0.2, 0) is 9.59 Å². The van der Waals surface area contributed by atoms with Crippen LogP contribution in [0.3, 0.4) is 0 Å². The summed E-state index contributed by atoms with van der Waals surface area (Å²) in [5.41, 5.74) is 3.72. The first-order chi connectivity index (χ1) is 20.8. The molecule has 3 N–H and O–H groups in total. The number of rotatable bonds is 10. The molecule has 0 saturated carbocycles. The summed E-state index contributed by atoms with van der Waals surface area (Å²) in [4.78, 5) is 44.2. The van der Waals surface area contributed by atoms with Gasteiger partial charge >= 0.3 is 0 Å². The lowest BCUT2D eigenvalue weighted by Crippen LogP contribution is -2.30. The molecule has 3 amide bonds. The number of thioether (sulfide) groups is 1. The van der Waals surface area contributed by atoms with E-state index in [1.807, 2.05) is 71.6 Å². The molecule has 0 bridgehead atoms. The monoisotopic (exact) mass is 688 g/mol. The van der Waals surface area contributed by atoms with Gasteiger partial charge in [0.2, 0.25) is 5.91 Å². The predicted octanol–water partition coefficient (Wildman–Crippen LogP) is 8.16. The van der Waals surface area contributed by atoms with Gasteiger partial charge in [-0.15, -0.1) is 23.1 Å². The third kappa shape index (κ3) is 8.51. The number of benzene rings is 3. The van der Waals surface area contributed by atoms with Crippen LogP contribution in [0.25, 0.3) is 17.3 Å². The quantitative estimate of drug-likeness (QED) is 0.102. The van der Waals surface area contributed by atoms with Gasteiger partial charge in [-0.25, -0.2) is 4.98 Å². The second kappa shape index (κ2) is 14.4. The number of aromatic nitrogens is 1. The SMILES string of the molecule is CC(Sc1ccc(NC(=O)/C(=C/c2ccsc2)NC(=O)c2ccccc2)cc1)C(=O)Nc1nc(-c2ccc(Br)cc2)cs1. The van der Waals surface area contributed by atoms with E-state index < -0.39 is 5.91 Å². The zero-order valence-corrected chi connectivity index (χ0v) is 26.8. The van der Waals surface area contributed by atoms with E-state index in [-0.39, 0.29) is 22.8 Å². The van der Waals surface area contributed by atoms with Gasteiger partial charge < -0.3 is 16.0 Å². The van der Waals surface area contributed by atoms with Gasteiger partial charge in [-0.2, -0.15) is 11.3 Å². The Bertz CT molecular complexity index is 1740. The number of hydrogen-bond acceptors (Lipinski definition) is 7. The van der Waals surface area contributed by atoms with Gasteiger partial charge in [0, 0.05) is 31.6 Å². The van der Waals surface area contributed by atoms with Crippen molar-refractivity contribution < 1.29 is 14.4 Å². The maximum absolute atomic E-state index is 13.2. The highest BCUT2D eigenvalue weighted by molar-refractivity contribution is 9.10. The van der Waals surface area contributed by atoms with Crippen LogP contribution in [0.2, 0.25) is 0 Å². The third-order valence-corrected chi connectivity index (χ3v) is 9.15. The van der Waals surface area contributed by atoms with Crippen LogP contribution in [0, 0.1) is 0 Å². The molecule has 2 heterocycles. The maximum Gasteiger partial charge on any atom is 0.272 e. The topological polar surface area (TPSA) is 100 Å². The Morgan fingerprint density at radius 2 is 1.65 bits per heavy atom. The van der Waals surface area contributed by atoms with Crippen molar-refractivity contribution in [2.24, 2.45) is 0 Å². The van der Waals surface area contributed by atoms with E-state index in [1.165, 1.54) is 34.4 Å².